The molecule has 410 valence electrons. The van der Waals surface area contributed by atoms with E-state index >= 15 is 0 Å². The number of hydrogen-bond donors (Lipinski definition) is 15. The van der Waals surface area contributed by atoms with Gasteiger partial charge in [-0.05, 0) is 88.2 Å². The number of amides is 9. The van der Waals surface area contributed by atoms with Crippen molar-refractivity contribution in [3.63, 3.8) is 0 Å². The summed E-state index contributed by atoms with van der Waals surface area (Å²) in [6, 6.07) is -11.8. The minimum atomic E-state index is -1.61. The van der Waals surface area contributed by atoms with Gasteiger partial charge in [-0.25, -0.2) is 4.79 Å². The van der Waals surface area contributed by atoms with Crippen LogP contribution in [0.25, 0.3) is 0 Å². The predicted molar refractivity (Wildman–Crippen MR) is 270 cm³/mol. The van der Waals surface area contributed by atoms with E-state index in [1.54, 1.807) is 27.7 Å². The van der Waals surface area contributed by atoms with Gasteiger partial charge >= 0.3 is 11.9 Å². The number of carboxylic acid groups (broad SMARTS) is 2. The second-order valence-electron chi connectivity index (χ2n) is 17.5. The zero-order valence-electron chi connectivity index (χ0n) is 42.2. The lowest BCUT2D eigenvalue weighted by Gasteiger charge is -2.28. The third-order valence-electron chi connectivity index (χ3n) is 10.4. The molecule has 18 N–H and O–H groups in total. The summed E-state index contributed by atoms with van der Waals surface area (Å²) in [5.41, 5.74) is 16.8. The third-order valence-corrected chi connectivity index (χ3v) is 11.7. The van der Waals surface area contributed by atoms with Gasteiger partial charge in [-0.2, -0.15) is 23.5 Å². The van der Waals surface area contributed by atoms with Crippen LogP contribution in [-0.4, -0.2) is 184 Å². The molecular formula is C43H77N13O14S2. The van der Waals surface area contributed by atoms with Crippen LogP contribution in [0.2, 0.25) is 0 Å². The van der Waals surface area contributed by atoms with E-state index < -0.39 is 151 Å². The summed E-state index contributed by atoms with van der Waals surface area (Å²) < 4.78 is 0. The molecule has 0 aromatic heterocycles. The number of carbonyl (C=O) groups excluding carboxylic acids is 9. The highest BCUT2D eigenvalue weighted by Gasteiger charge is 2.34. The molecule has 0 aliphatic carbocycles. The van der Waals surface area contributed by atoms with Crippen molar-refractivity contribution >= 4 is 94.6 Å². The molecule has 0 saturated heterocycles. The van der Waals surface area contributed by atoms with E-state index in [1.807, 2.05) is 12.5 Å². The summed E-state index contributed by atoms with van der Waals surface area (Å²) >= 11 is 2.93. The number of aliphatic hydroxyl groups is 1. The number of aliphatic imine (C=N–C) groups is 1. The molecule has 0 aliphatic heterocycles. The Kier molecular flexibility index (Phi) is 32.3. The highest BCUT2D eigenvalue weighted by Crippen LogP contribution is 2.10. The number of aliphatic carboxylic acids is 2. The first-order chi connectivity index (χ1) is 33.7. The first kappa shape index (κ1) is 66.1. The van der Waals surface area contributed by atoms with Crippen molar-refractivity contribution in [3.8, 4) is 0 Å². The smallest absolute Gasteiger partial charge is 0.326 e. The van der Waals surface area contributed by atoms with Crippen molar-refractivity contribution in [2.45, 2.75) is 141 Å². The number of guanidine groups is 1. The molecule has 0 heterocycles. The normalized spacial score (nSPS) is 14.8. The zero-order valence-corrected chi connectivity index (χ0v) is 43.8. The maximum absolute atomic E-state index is 13.8. The van der Waals surface area contributed by atoms with E-state index in [9.17, 15) is 68.1 Å². The molecule has 0 radical (unpaired) electrons. The van der Waals surface area contributed by atoms with E-state index in [2.05, 4.69) is 52.8 Å². The number of carbonyl (C=O) groups is 11. The molecule has 9 amide bonds. The van der Waals surface area contributed by atoms with Gasteiger partial charge in [0.05, 0.1) is 19.2 Å². The van der Waals surface area contributed by atoms with Gasteiger partial charge in [0.1, 0.15) is 48.3 Å². The Labute approximate surface area is 427 Å². The number of hydrogen-bond acceptors (Lipinski definition) is 16. The average Bonchev–Trinajstić information content (AvgIpc) is 3.30. The van der Waals surface area contributed by atoms with E-state index in [1.165, 1.54) is 37.4 Å². The molecule has 0 rings (SSSR count). The van der Waals surface area contributed by atoms with Crippen molar-refractivity contribution in [3.05, 3.63) is 0 Å². The van der Waals surface area contributed by atoms with Gasteiger partial charge in [0.15, 0.2) is 5.96 Å². The lowest BCUT2D eigenvalue weighted by molar-refractivity contribution is -0.143. The monoisotopic (exact) mass is 1060 g/mol. The molecule has 72 heavy (non-hydrogen) atoms. The van der Waals surface area contributed by atoms with Gasteiger partial charge < -0.3 is 80.4 Å². The standard InChI is InChI=1S/C43H77N13O14S2/c1-21(2)18-29(42(69)70)55-38(65)27(11-12-32(59)60)53-35(62)24(6)50-41(68)33(22(3)4)56-39(66)26(10-9-15-47-43(45)46)52-34(61)23(5)49-40(67)30(20-57)51-31(58)19-48-37(64)28(14-17-72-8)54-36(63)25(44)13-16-71-7/h21-30,33,57H,9-20,44H2,1-8H3,(H,48,64)(H,49,67)(H,50,68)(H,51,58)(H,52,61)(H,53,62)(H,54,63)(H,55,65)(H,56,66)(H,59,60)(H,69,70)(H4,45,46,47)/t23-,24-,25-,26-,27-,28-,29-,30-,33-/m0/s1. The topological polar surface area (TPSA) is 447 Å². The van der Waals surface area contributed by atoms with Crippen molar-refractivity contribution in [1.29, 1.82) is 0 Å². The van der Waals surface area contributed by atoms with Gasteiger partial charge in [-0.3, -0.25) is 52.9 Å². The zero-order chi connectivity index (χ0) is 55.2. The summed E-state index contributed by atoms with van der Waals surface area (Å²) in [7, 11) is 0. The molecule has 0 fully saturated rings. The Morgan fingerprint density at radius 2 is 1.04 bits per heavy atom. The lowest BCUT2D eigenvalue weighted by atomic mass is 10.0. The summed E-state index contributed by atoms with van der Waals surface area (Å²) in [5, 5.41) is 50.5. The van der Waals surface area contributed by atoms with Crippen LogP contribution in [0.4, 0.5) is 0 Å². The first-order valence-corrected chi connectivity index (χ1v) is 26.0. The van der Waals surface area contributed by atoms with Crippen LogP contribution in [0.15, 0.2) is 4.99 Å². The Balaban J connectivity index is 5.96. The van der Waals surface area contributed by atoms with E-state index in [0.717, 1.165) is 0 Å². The van der Waals surface area contributed by atoms with Gasteiger partial charge in [0.25, 0.3) is 0 Å². The molecule has 0 aliphatic rings. The van der Waals surface area contributed by atoms with Gasteiger partial charge in [0.2, 0.25) is 53.2 Å². The van der Waals surface area contributed by atoms with Crippen molar-refractivity contribution in [2.24, 2.45) is 34.0 Å². The molecule has 0 bridgehead atoms. The largest absolute Gasteiger partial charge is 0.481 e. The molecular weight excluding hydrogens is 987 g/mol. The number of nitrogens with zero attached hydrogens (tertiary/aromatic N) is 1. The fourth-order valence-electron chi connectivity index (χ4n) is 6.29. The SMILES string of the molecule is CSCC[C@H](NC(=O)[C@@H](N)CCSC)C(=O)NCC(=O)N[C@@H](CO)C(=O)N[C@@H](C)C(=O)N[C@@H](CCCN=C(N)N)C(=O)N[C@H](C(=O)N[C@@H](C)C(=O)N[C@@H](CCC(=O)O)C(=O)N[C@@H](CC(C)C)C(=O)O)C(C)C. The van der Waals surface area contributed by atoms with Crippen molar-refractivity contribution in [2.75, 3.05) is 43.7 Å². The van der Waals surface area contributed by atoms with E-state index in [0.29, 0.717) is 17.9 Å². The number of nitrogens with one attached hydrogen (secondary N) is 9. The van der Waals surface area contributed by atoms with Crippen molar-refractivity contribution in [1.82, 2.24) is 47.9 Å². The molecule has 0 aromatic rings. The molecule has 0 spiro atoms. The molecule has 0 saturated carbocycles. The molecule has 29 heteroatoms. The lowest BCUT2D eigenvalue weighted by Crippen LogP contribution is -2.60. The Morgan fingerprint density at radius 3 is 1.54 bits per heavy atom. The fraction of sp³-hybridized carbons (Fsp3) is 0.721. The number of nitrogens with two attached hydrogens (primary N) is 3. The Hall–Kier alpha value is -5.94. The Bertz CT molecular complexity index is 1880. The number of carboxylic acids is 2. The van der Waals surface area contributed by atoms with E-state index in [-0.39, 0.29) is 44.1 Å². The van der Waals surface area contributed by atoms with Crippen LogP contribution in [0.5, 0.6) is 0 Å². The Morgan fingerprint density at radius 1 is 0.556 bits per heavy atom. The van der Waals surface area contributed by atoms with Crippen LogP contribution in [-0.2, 0) is 52.7 Å². The average molecular weight is 1060 g/mol. The molecule has 9 atom stereocenters. The first-order valence-electron chi connectivity index (χ1n) is 23.2. The predicted octanol–water partition coefficient (Wildman–Crippen LogP) is -4.45. The number of aliphatic hydroxyl groups excluding tert-OH is 1. The summed E-state index contributed by atoms with van der Waals surface area (Å²) in [5.74, 6) is -10.2. The quantitative estimate of drug-likeness (QED) is 0.0160. The third kappa shape index (κ3) is 27.0. The van der Waals surface area contributed by atoms with E-state index in [4.69, 9.17) is 17.2 Å². The maximum Gasteiger partial charge on any atom is 0.326 e. The minimum Gasteiger partial charge on any atom is -0.481 e. The van der Waals surface area contributed by atoms with Crippen LogP contribution in [0.3, 0.4) is 0 Å². The summed E-state index contributed by atoms with van der Waals surface area (Å²) in [6.45, 7) is 7.55. The molecule has 0 unspecified atom stereocenters. The maximum atomic E-state index is 13.8. The molecule has 0 aromatic carbocycles. The van der Waals surface area contributed by atoms with Crippen LogP contribution in [0, 0.1) is 11.8 Å². The summed E-state index contributed by atoms with van der Waals surface area (Å²) in [4.78, 5) is 146. The van der Waals surface area contributed by atoms with Gasteiger partial charge in [-0.1, -0.05) is 27.7 Å². The highest BCUT2D eigenvalue weighted by molar-refractivity contribution is 7.98. The second-order valence-corrected chi connectivity index (χ2v) is 19.4. The van der Waals surface area contributed by atoms with Gasteiger partial charge in [0, 0.05) is 13.0 Å². The fourth-order valence-corrected chi connectivity index (χ4v) is 7.25. The number of thioether (sulfide) groups is 2. The highest BCUT2D eigenvalue weighted by atomic mass is 32.2. The number of rotatable bonds is 36. The van der Waals surface area contributed by atoms with Crippen molar-refractivity contribution < 1.29 is 68.1 Å². The van der Waals surface area contributed by atoms with Crippen LogP contribution < -0.4 is 65.1 Å². The summed E-state index contributed by atoms with van der Waals surface area (Å²) in [6.07, 6.45) is 3.36. The van der Waals surface area contributed by atoms with Crippen LogP contribution in [0.1, 0.15) is 86.5 Å². The minimum absolute atomic E-state index is 0.0210. The van der Waals surface area contributed by atoms with Gasteiger partial charge in [-0.15, -0.1) is 0 Å². The molecule has 27 nitrogen and oxygen atoms in total. The second kappa shape index (κ2) is 35.2. The van der Waals surface area contributed by atoms with Crippen LogP contribution >= 0.6 is 23.5 Å².